The van der Waals surface area contributed by atoms with Crippen LogP contribution in [-0.2, 0) is 14.5 Å². The average Bonchev–Trinajstić information content (AvgIpc) is 2.95. The van der Waals surface area contributed by atoms with Gasteiger partial charge in [-0.25, -0.2) is 4.79 Å². The van der Waals surface area contributed by atoms with Gasteiger partial charge in [0, 0.05) is 83.0 Å². The number of ether oxygens (including phenoxy) is 1. The lowest BCUT2D eigenvalue weighted by Crippen LogP contribution is -2.41. The normalized spacial score (nSPS) is 11.7. The number of nitrogens with zero attached hydrogens (tertiary/aromatic N) is 3. The highest BCUT2D eigenvalue weighted by atomic mass is 16.7. The minimum Gasteiger partial charge on any atom is -0.484 e. The molecule has 15 heteroatoms. The molecule has 0 radical (unpaired) electrons. The lowest BCUT2D eigenvalue weighted by atomic mass is 10.2. The Morgan fingerprint density at radius 2 is 1.51 bits per heavy atom. The summed E-state index contributed by atoms with van der Waals surface area (Å²) in [5.41, 5.74) is 11.3. The largest absolute Gasteiger partial charge is 0.484 e. The second-order valence-electron chi connectivity index (χ2n) is 9.20. The highest BCUT2D eigenvalue weighted by Gasteiger charge is 2.08. The Morgan fingerprint density at radius 1 is 0.902 bits per heavy atom. The number of hydrogen-bond acceptors (Lipinski definition) is 14. The fraction of sp³-hybridized carbons (Fsp3) is 0.615. The van der Waals surface area contributed by atoms with Crippen LogP contribution in [0.5, 0.6) is 5.75 Å². The molecule has 0 unspecified atom stereocenters. The molecule has 1 heterocycles. The van der Waals surface area contributed by atoms with E-state index in [1.54, 1.807) is 24.3 Å². The molecule has 0 spiro atoms. The minimum absolute atomic E-state index is 0.00688. The number of benzene rings is 1. The van der Waals surface area contributed by atoms with Crippen molar-refractivity contribution in [3.8, 4) is 5.75 Å². The summed E-state index contributed by atoms with van der Waals surface area (Å²) >= 11 is 0. The topological polar surface area (TPSA) is 187 Å². The predicted molar refractivity (Wildman–Crippen MR) is 153 cm³/mol. The third kappa shape index (κ3) is 15.2. The van der Waals surface area contributed by atoms with Gasteiger partial charge in [-0.15, -0.1) is 0 Å². The van der Waals surface area contributed by atoms with Crippen LogP contribution in [0.1, 0.15) is 0 Å². The van der Waals surface area contributed by atoms with Crippen LogP contribution in [0.3, 0.4) is 0 Å². The van der Waals surface area contributed by atoms with Crippen LogP contribution in [0.4, 0.5) is 0 Å². The lowest BCUT2D eigenvalue weighted by Gasteiger charge is -2.22. The predicted octanol–water partition coefficient (Wildman–Crippen LogP) is -2.28. The van der Waals surface area contributed by atoms with E-state index >= 15 is 0 Å². The van der Waals surface area contributed by atoms with Crippen molar-refractivity contribution in [2.24, 2.45) is 5.73 Å². The average molecular weight is 584 g/mol. The van der Waals surface area contributed by atoms with Crippen molar-refractivity contribution in [2.45, 2.75) is 0 Å². The van der Waals surface area contributed by atoms with Crippen molar-refractivity contribution < 1.29 is 33.8 Å². The first-order chi connectivity index (χ1) is 19.9. The second kappa shape index (κ2) is 21.1. The molecule has 0 aliphatic heterocycles. The molecule has 2 rings (SSSR count). The standard InChI is InChI=1S/C26H45N7O8/c1-31(20-39-29-8-12-32(10-6-27)14-16-34)21-40-30-9-13-33(15-17-35)11-7-28-25(36)19-38-23-4-2-22-3-5-26(37)41-24(22)18-23/h2-5,18,29-30,34-35H,6-17,19-21,27H2,1H3,(H,28,36). The van der Waals surface area contributed by atoms with Crippen LogP contribution in [-0.4, -0.2) is 137 Å². The zero-order chi connectivity index (χ0) is 29.7. The van der Waals surface area contributed by atoms with Crippen molar-refractivity contribution in [1.82, 2.24) is 31.0 Å². The number of aliphatic hydroxyl groups is 2. The van der Waals surface area contributed by atoms with Crippen molar-refractivity contribution in [2.75, 3.05) is 106 Å². The van der Waals surface area contributed by atoms with E-state index in [2.05, 4.69) is 16.3 Å². The van der Waals surface area contributed by atoms with E-state index in [1.165, 1.54) is 6.07 Å². The zero-order valence-corrected chi connectivity index (χ0v) is 23.8. The van der Waals surface area contributed by atoms with E-state index in [0.29, 0.717) is 83.7 Å². The highest BCUT2D eigenvalue weighted by molar-refractivity contribution is 5.79. The third-order valence-corrected chi connectivity index (χ3v) is 5.83. The number of aliphatic hydroxyl groups excluding tert-OH is 2. The Balaban J connectivity index is 1.53. The van der Waals surface area contributed by atoms with Crippen LogP contribution in [0, 0.1) is 0 Å². The molecule has 1 amide bonds. The Bertz CT molecular complexity index is 1040. The summed E-state index contributed by atoms with van der Waals surface area (Å²) in [5, 5.41) is 22.0. The summed E-state index contributed by atoms with van der Waals surface area (Å²) in [6.45, 7) is 6.17. The number of fused-ring (bicyclic) bond motifs is 1. The maximum Gasteiger partial charge on any atom is 0.336 e. The van der Waals surface area contributed by atoms with Crippen LogP contribution in [0.2, 0.25) is 0 Å². The summed E-state index contributed by atoms with van der Waals surface area (Å²) in [6.07, 6.45) is 0. The molecule has 0 saturated carbocycles. The molecule has 232 valence electrons. The molecule has 7 N–H and O–H groups in total. The van der Waals surface area contributed by atoms with Crippen molar-refractivity contribution in [1.29, 1.82) is 0 Å². The van der Waals surface area contributed by atoms with Crippen molar-refractivity contribution in [3.63, 3.8) is 0 Å². The van der Waals surface area contributed by atoms with Crippen LogP contribution >= 0.6 is 0 Å². The second-order valence-corrected chi connectivity index (χ2v) is 9.20. The summed E-state index contributed by atoms with van der Waals surface area (Å²) in [6, 6.07) is 8.03. The molecule has 15 nitrogen and oxygen atoms in total. The van der Waals surface area contributed by atoms with E-state index in [9.17, 15) is 14.7 Å². The fourth-order valence-corrected chi connectivity index (χ4v) is 3.72. The van der Waals surface area contributed by atoms with Gasteiger partial charge in [-0.3, -0.25) is 29.2 Å². The Morgan fingerprint density at radius 3 is 2.15 bits per heavy atom. The van der Waals surface area contributed by atoms with E-state index in [4.69, 9.17) is 29.7 Å². The molecule has 1 aromatic carbocycles. The van der Waals surface area contributed by atoms with Gasteiger partial charge in [0.05, 0.1) is 13.2 Å². The SMILES string of the molecule is CN(CONCCN(CCN)CCO)CONCCN(CCO)CCNC(=O)COc1ccc2ccc(=O)oc2c1. The molecule has 0 aliphatic carbocycles. The number of amides is 1. The number of hydroxylamine groups is 2. The highest BCUT2D eigenvalue weighted by Crippen LogP contribution is 2.19. The molecule has 0 aliphatic rings. The molecule has 1 aromatic heterocycles. The number of nitrogens with one attached hydrogen (secondary N) is 3. The van der Waals surface area contributed by atoms with E-state index in [1.807, 2.05) is 21.7 Å². The van der Waals surface area contributed by atoms with E-state index in [-0.39, 0.29) is 25.7 Å². The Kier molecular flexibility index (Phi) is 17.7. The van der Waals surface area contributed by atoms with Gasteiger partial charge in [0.1, 0.15) is 24.8 Å². The summed E-state index contributed by atoms with van der Waals surface area (Å²) < 4.78 is 10.6. The minimum atomic E-state index is -0.454. The monoisotopic (exact) mass is 583 g/mol. The summed E-state index contributed by atoms with van der Waals surface area (Å²) in [4.78, 5) is 40.3. The van der Waals surface area contributed by atoms with Crippen LogP contribution < -0.4 is 32.4 Å². The first-order valence-corrected chi connectivity index (χ1v) is 13.6. The third-order valence-electron chi connectivity index (χ3n) is 5.83. The molecule has 0 bridgehead atoms. The van der Waals surface area contributed by atoms with Gasteiger partial charge in [-0.2, -0.15) is 11.0 Å². The fourth-order valence-electron chi connectivity index (χ4n) is 3.72. The van der Waals surface area contributed by atoms with Crippen molar-refractivity contribution in [3.05, 3.63) is 40.8 Å². The number of carbonyl (C=O) groups excluding carboxylic acids is 1. The van der Waals surface area contributed by atoms with Gasteiger partial charge in [0.2, 0.25) is 0 Å². The molecular weight excluding hydrogens is 538 g/mol. The van der Waals surface area contributed by atoms with Gasteiger partial charge < -0.3 is 30.4 Å². The van der Waals surface area contributed by atoms with Crippen molar-refractivity contribution >= 4 is 16.9 Å². The molecule has 0 saturated heterocycles. The maximum atomic E-state index is 12.2. The Labute approximate surface area is 240 Å². The smallest absolute Gasteiger partial charge is 0.336 e. The van der Waals surface area contributed by atoms with Crippen LogP contribution in [0.15, 0.2) is 39.5 Å². The van der Waals surface area contributed by atoms with E-state index < -0.39 is 5.63 Å². The molecular formula is C26H45N7O8. The maximum absolute atomic E-state index is 12.2. The lowest BCUT2D eigenvalue weighted by molar-refractivity contribution is -0.123. The number of rotatable bonds is 24. The van der Waals surface area contributed by atoms with Crippen LogP contribution in [0.25, 0.3) is 11.0 Å². The zero-order valence-electron chi connectivity index (χ0n) is 23.8. The first-order valence-electron chi connectivity index (χ1n) is 13.6. The first kappa shape index (κ1) is 34.5. The van der Waals surface area contributed by atoms with Gasteiger partial charge >= 0.3 is 5.63 Å². The molecule has 41 heavy (non-hydrogen) atoms. The summed E-state index contributed by atoms with van der Waals surface area (Å²) in [7, 11) is 1.85. The molecule has 2 aromatic rings. The van der Waals surface area contributed by atoms with Gasteiger partial charge in [0.15, 0.2) is 6.61 Å². The number of carbonyl (C=O) groups is 1. The van der Waals surface area contributed by atoms with Gasteiger partial charge in [-0.05, 0) is 25.2 Å². The number of hydrogen-bond donors (Lipinski definition) is 6. The van der Waals surface area contributed by atoms with E-state index in [0.717, 1.165) is 11.9 Å². The summed E-state index contributed by atoms with van der Waals surface area (Å²) in [5.74, 6) is 0.134. The Hall–Kier alpha value is -2.70. The number of nitrogens with two attached hydrogens (primary N) is 1. The molecule has 0 fully saturated rings. The molecule has 0 atom stereocenters. The van der Waals surface area contributed by atoms with Gasteiger partial charge in [0.25, 0.3) is 5.91 Å². The van der Waals surface area contributed by atoms with Gasteiger partial charge in [-0.1, -0.05) is 0 Å². The quantitative estimate of drug-likeness (QED) is 0.0336.